The molecule has 4 nitrogen and oxygen atoms in total. The smallest absolute Gasteiger partial charge is 0.293 e. The lowest BCUT2D eigenvalue weighted by Gasteiger charge is -2.13. The first-order valence-electron chi connectivity index (χ1n) is 9.36. The van der Waals surface area contributed by atoms with Gasteiger partial charge in [0.15, 0.2) is 0 Å². The van der Waals surface area contributed by atoms with Gasteiger partial charge in [0.05, 0.1) is 11.4 Å². The Labute approximate surface area is 184 Å². The van der Waals surface area contributed by atoms with Crippen LogP contribution in [0.15, 0.2) is 83.8 Å². The molecule has 2 amide bonds. The molecule has 0 aliphatic carbocycles. The van der Waals surface area contributed by atoms with Crippen LogP contribution in [-0.2, 0) is 17.9 Å². The summed E-state index contributed by atoms with van der Waals surface area (Å²) >= 11 is 7.10. The average molecular weight is 436 g/mol. The van der Waals surface area contributed by atoms with E-state index in [9.17, 15) is 9.59 Å². The number of amides is 2. The van der Waals surface area contributed by atoms with Gasteiger partial charge in [-0.3, -0.25) is 14.5 Å². The van der Waals surface area contributed by atoms with Crippen LogP contribution in [-0.4, -0.2) is 16.0 Å². The molecule has 0 radical (unpaired) electrons. The number of hydrogen-bond donors (Lipinski definition) is 0. The second kappa shape index (κ2) is 9.20. The summed E-state index contributed by atoms with van der Waals surface area (Å²) in [6, 6.07) is 24.5. The number of halogens is 1. The minimum atomic E-state index is -0.311. The number of ether oxygens (including phenoxy) is 1. The molecule has 3 aromatic carbocycles. The van der Waals surface area contributed by atoms with Crippen LogP contribution >= 0.6 is 23.4 Å². The van der Waals surface area contributed by atoms with Crippen molar-refractivity contribution >= 4 is 40.6 Å². The van der Waals surface area contributed by atoms with Crippen LogP contribution < -0.4 is 4.74 Å². The van der Waals surface area contributed by atoms with E-state index in [1.165, 1.54) is 4.90 Å². The van der Waals surface area contributed by atoms with Crippen molar-refractivity contribution in [3.05, 3.63) is 105 Å². The minimum Gasteiger partial charge on any atom is -0.489 e. The van der Waals surface area contributed by atoms with E-state index in [0.717, 1.165) is 34.2 Å². The molecule has 0 saturated carbocycles. The molecule has 4 rings (SSSR count). The van der Waals surface area contributed by atoms with E-state index >= 15 is 0 Å². The molecule has 30 heavy (non-hydrogen) atoms. The van der Waals surface area contributed by atoms with Gasteiger partial charge in [-0.1, -0.05) is 72.3 Å². The molecule has 0 unspecified atom stereocenters. The summed E-state index contributed by atoms with van der Waals surface area (Å²) in [7, 11) is 0. The van der Waals surface area contributed by atoms with Crippen LogP contribution in [0, 0.1) is 0 Å². The Balaban J connectivity index is 1.42. The summed E-state index contributed by atoms with van der Waals surface area (Å²) in [6.07, 6.45) is 1.72. The lowest BCUT2D eigenvalue weighted by atomic mass is 10.2. The highest BCUT2D eigenvalue weighted by molar-refractivity contribution is 8.18. The lowest BCUT2D eigenvalue weighted by Crippen LogP contribution is -2.27. The largest absolute Gasteiger partial charge is 0.489 e. The van der Waals surface area contributed by atoms with Gasteiger partial charge in [-0.2, -0.15) is 0 Å². The maximum atomic E-state index is 12.7. The third-order valence-electron chi connectivity index (χ3n) is 4.59. The Morgan fingerprint density at radius 2 is 1.60 bits per heavy atom. The zero-order chi connectivity index (χ0) is 20.9. The molecular formula is C24H18ClNO3S. The average Bonchev–Trinajstić information content (AvgIpc) is 3.03. The first kappa shape index (κ1) is 20.3. The molecule has 0 N–H and O–H groups in total. The quantitative estimate of drug-likeness (QED) is 0.435. The van der Waals surface area contributed by atoms with Gasteiger partial charge in [0.1, 0.15) is 12.4 Å². The van der Waals surface area contributed by atoms with Gasteiger partial charge in [0.2, 0.25) is 0 Å². The molecule has 0 spiro atoms. The van der Waals surface area contributed by atoms with Crippen LogP contribution in [0.2, 0.25) is 5.02 Å². The number of rotatable bonds is 6. The van der Waals surface area contributed by atoms with Crippen molar-refractivity contribution in [2.45, 2.75) is 13.2 Å². The van der Waals surface area contributed by atoms with E-state index in [1.54, 1.807) is 12.1 Å². The predicted molar refractivity (Wildman–Crippen MR) is 120 cm³/mol. The van der Waals surface area contributed by atoms with Gasteiger partial charge in [-0.05, 0) is 52.7 Å². The number of hydrogen-bond acceptors (Lipinski definition) is 4. The fraction of sp³-hybridized carbons (Fsp3) is 0.0833. The van der Waals surface area contributed by atoms with Crippen LogP contribution in [0.5, 0.6) is 5.75 Å². The normalized spacial score (nSPS) is 15.1. The van der Waals surface area contributed by atoms with E-state index in [0.29, 0.717) is 16.5 Å². The highest BCUT2D eigenvalue weighted by Gasteiger charge is 2.35. The molecule has 1 saturated heterocycles. The van der Waals surface area contributed by atoms with Crippen LogP contribution in [0.4, 0.5) is 4.79 Å². The van der Waals surface area contributed by atoms with Crippen LogP contribution in [0.1, 0.15) is 16.7 Å². The molecule has 1 aliphatic heterocycles. The highest BCUT2D eigenvalue weighted by Crippen LogP contribution is 2.34. The van der Waals surface area contributed by atoms with E-state index in [4.69, 9.17) is 16.3 Å². The second-order valence-corrected chi connectivity index (χ2v) is 8.10. The zero-order valence-corrected chi connectivity index (χ0v) is 17.5. The summed E-state index contributed by atoms with van der Waals surface area (Å²) in [5.74, 6) is 0.428. The fourth-order valence-electron chi connectivity index (χ4n) is 2.99. The summed E-state index contributed by atoms with van der Waals surface area (Å²) in [5, 5.41) is 0.237. The molecule has 0 aromatic heterocycles. The topological polar surface area (TPSA) is 46.6 Å². The van der Waals surface area contributed by atoms with Crippen molar-refractivity contribution < 1.29 is 14.3 Å². The van der Waals surface area contributed by atoms with Gasteiger partial charge >= 0.3 is 0 Å². The van der Waals surface area contributed by atoms with Gasteiger partial charge in [-0.25, -0.2) is 0 Å². The molecular weight excluding hydrogens is 418 g/mol. The van der Waals surface area contributed by atoms with Crippen molar-refractivity contribution in [3.8, 4) is 5.75 Å². The van der Waals surface area contributed by atoms with E-state index < -0.39 is 0 Å². The van der Waals surface area contributed by atoms with Crippen LogP contribution in [0.25, 0.3) is 6.08 Å². The Kier molecular flexibility index (Phi) is 6.21. The first-order chi connectivity index (χ1) is 14.6. The predicted octanol–water partition coefficient (Wildman–Crippen LogP) is 6.16. The Morgan fingerprint density at radius 1 is 0.900 bits per heavy atom. The molecule has 6 heteroatoms. The number of thioether (sulfide) groups is 1. The van der Waals surface area contributed by atoms with E-state index in [1.807, 2.05) is 72.8 Å². The van der Waals surface area contributed by atoms with Crippen molar-refractivity contribution in [1.82, 2.24) is 4.90 Å². The number of carbonyl (C=O) groups is 2. The van der Waals surface area contributed by atoms with Gasteiger partial charge in [-0.15, -0.1) is 0 Å². The number of imide groups is 1. The van der Waals surface area contributed by atoms with Gasteiger partial charge in [0, 0.05) is 5.02 Å². The molecule has 3 aromatic rings. The maximum absolute atomic E-state index is 12.7. The third kappa shape index (κ3) is 4.75. The zero-order valence-electron chi connectivity index (χ0n) is 16.0. The van der Waals surface area contributed by atoms with Crippen molar-refractivity contribution in [2.75, 3.05) is 0 Å². The summed E-state index contributed by atoms with van der Waals surface area (Å²) < 4.78 is 5.78. The fourth-order valence-corrected chi connectivity index (χ4v) is 4.02. The van der Waals surface area contributed by atoms with Crippen LogP contribution in [0.3, 0.4) is 0 Å². The summed E-state index contributed by atoms with van der Waals surface area (Å²) in [6.45, 7) is 0.648. The first-order valence-corrected chi connectivity index (χ1v) is 10.6. The van der Waals surface area contributed by atoms with E-state index in [-0.39, 0.29) is 17.7 Å². The summed E-state index contributed by atoms with van der Waals surface area (Å²) in [4.78, 5) is 26.7. The summed E-state index contributed by atoms with van der Waals surface area (Å²) in [5.41, 5.74) is 2.65. The van der Waals surface area contributed by atoms with Crippen molar-refractivity contribution in [3.63, 3.8) is 0 Å². The lowest BCUT2D eigenvalue weighted by molar-refractivity contribution is -0.123. The van der Waals surface area contributed by atoms with Crippen molar-refractivity contribution in [1.29, 1.82) is 0 Å². The second-order valence-electron chi connectivity index (χ2n) is 6.70. The maximum Gasteiger partial charge on any atom is 0.293 e. The molecule has 1 fully saturated rings. The molecule has 1 aliphatic rings. The monoisotopic (exact) mass is 435 g/mol. The number of carbonyl (C=O) groups excluding carboxylic acids is 2. The molecule has 0 bridgehead atoms. The Bertz CT molecular complexity index is 1100. The Hall–Kier alpha value is -3.02. The standard InChI is InChI=1S/C24H18ClNO3S/c25-21-9-5-4-8-19(21)15-26-23(27)22(30-24(26)28)14-17-10-12-20(13-11-17)29-16-18-6-2-1-3-7-18/h1-14H,15-16H2/b22-14-. The van der Waals surface area contributed by atoms with E-state index in [2.05, 4.69) is 0 Å². The molecule has 0 atom stereocenters. The molecule has 150 valence electrons. The molecule has 1 heterocycles. The minimum absolute atomic E-state index is 0.161. The van der Waals surface area contributed by atoms with Crippen molar-refractivity contribution in [2.24, 2.45) is 0 Å². The van der Waals surface area contributed by atoms with Gasteiger partial charge < -0.3 is 4.74 Å². The number of benzene rings is 3. The third-order valence-corrected chi connectivity index (χ3v) is 5.86. The SMILES string of the molecule is O=C1S/C(=C\c2ccc(OCc3ccccc3)cc2)C(=O)N1Cc1ccccc1Cl. The van der Waals surface area contributed by atoms with Gasteiger partial charge in [0.25, 0.3) is 11.1 Å². The highest BCUT2D eigenvalue weighted by atomic mass is 35.5. The number of nitrogens with zero attached hydrogens (tertiary/aromatic N) is 1. The Morgan fingerprint density at radius 3 is 2.33 bits per heavy atom.